The number of hydrogen-bond donors (Lipinski definition) is 1. The van der Waals surface area contributed by atoms with Gasteiger partial charge in [0.05, 0.1) is 19.0 Å². The molecule has 0 amide bonds. The molecule has 1 aliphatic heterocycles. The minimum absolute atomic E-state index is 0.0247. The SMILES string of the molecule is Cc1ccc(SCCCN2CCN(CC(O)Cn3c(=O)c4c(ncn4C)n(C)c3=O)CC2)cc1. The number of nitrogens with zero attached hydrogens (tertiary/aromatic N) is 6. The van der Waals surface area contributed by atoms with Gasteiger partial charge in [0.15, 0.2) is 11.2 Å². The van der Waals surface area contributed by atoms with Gasteiger partial charge in [0.25, 0.3) is 5.56 Å². The first-order valence-corrected chi connectivity index (χ1v) is 12.7. The van der Waals surface area contributed by atoms with Crippen LogP contribution in [0.15, 0.2) is 45.1 Å². The zero-order valence-corrected chi connectivity index (χ0v) is 21.0. The number of rotatable bonds is 9. The van der Waals surface area contributed by atoms with Crippen LogP contribution in [0.2, 0.25) is 0 Å². The minimum Gasteiger partial charge on any atom is -0.390 e. The fourth-order valence-electron chi connectivity index (χ4n) is 4.43. The maximum atomic E-state index is 12.8. The highest BCUT2D eigenvalue weighted by atomic mass is 32.2. The number of fused-ring (bicyclic) bond motifs is 1. The number of aromatic nitrogens is 4. The standard InChI is InChI=1S/C24H34N6O3S/c1-18-5-7-20(8-6-18)34-14-4-9-28-10-12-29(13-11-28)15-19(31)16-30-23(32)21-22(25-17-26(21)2)27(3)24(30)33/h5-8,17,19,31H,4,9-16H2,1-3H3. The summed E-state index contributed by atoms with van der Waals surface area (Å²) in [7, 11) is 3.32. The number of β-amino-alcohol motifs (C(OH)–C–C–N with tert-alkyl or cyclic N) is 1. The third-order valence-corrected chi connectivity index (χ3v) is 7.53. The number of imidazole rings is 1. The summed E-state index contributed by atoms with van der Waals surface area (Å²) in [6.07, 6.45) is 1.87. The molecular weight excluding hydrogens is 452 g/mol. The molecule has 3 aromatic rings. The number of piperazine rings is 1. The molecular formula is C24H34N6O3S. The Morgan fingerprint density at radius 2 is 1.71 bits per heavy atom. The topological polar surface area (TPSA) is 88.5 Å². The van der Waals surface area contributed by atoms with Gasteiger partial charge >= 0.3 is 5.69 Å². The second-order valence-electron chi connectivity index (χ2n) is 9.10. The van der Waals surface area contributed by atoms with Gasteiger partial charge in [0.1, 0.15) is 0 Å². The molecule has 2 aromatic heterocycles. The first-order chi connectivity index (χ1) is 16.3. The van der Waals surface area contributed by atoms with Crippen molar-refractivity contribution in [3.8, 4) is 0 Å². The summed E-state index contributed by atoms with van der Waals surface area (Å²) in [4.78, 5) is 35.6. The number of aliphatic hydroxyl groups is 1. The molecule has 1 aliphatic rings. The van der Waals surface area contributed by atoms with Crippen molar-refractivity contribution in [2.24, 2.45) is 14.1 Å². The van der Waals surface area contributed by atoms with Gasteiger partial charge in [-0.25, -0.2) is 9.78 Å². The summed E-state index contributed by atoms with van der Waals surface area (Å²) in [5.74, 6) is 1.10. The molecule has 1 unspecified atom stereocenters. The summed E-state index contributed by atoms with van der Waals surface area (Å²) in [6.45, 7) is 7.26. The van der Waals surface area contributed by atoms with Crippen LogP contribution in [0.25, 0.3) is 11.2 Å². The van der Waals surface area contributed by atoms with Gasteiger partial charge in [0.2, 0.25) is 0 Å². The van der Waals surface area contributed by atoms with Gasteiger partial charge in [0, 0.05) is 51.7 Å². The molecule has 3 heterocycles. The smallest absolute Gasteiger partial charge is 0.332 e. The number of benzene rings is 1. The van der Waals surface area contributed by atoms with Crippen LogP contribution in [-0.2, 0) is 20.6 Å². The van der Waals surface area contributed by atoms with Gasteiger partial charge < -0.3 is 14.6 Å². The van der Waals surface area contributed by atoms with E-state index in [4.69, 9.17) is 0 Å². The molecule has 1 N–H and O–H groups in total. The molecule has 1 fully saturated rings. The molecule has 4 rings (SSSR count). The number of hydrogen-bond acceptors (Lipinski definition) is 7. The van der Waals surface area contributed by atoms with Crippen molar-refractivity contribution < 1.29 is 5.11 Å². The van der Waals surface area contributed by atoms with Gasteiger partial charge in [-0.1, -0.05) is 17.7 Å². The van der Waals surface area contributed by atoms with E-state index in [1.807, 2.05) is 11.8 Å². The first-order valence-electron chi connectivity index (χ1n) is 11.8. The van der Waals surface area contributed by atoms with Gasteiger partial charge in [-0.2, -0.15) is 0 Å². The molecule has 1 atom stereocenters. The van der Waals surface area contributed by atoms with Crippen molar-refractivity contribution in [1.29, 1.82) is 0 Å². The minimum atomic E-state index is -0.798. The Morgan fingerprint density at radius 3 is 2.41 bits per heavy atom. The van der Waals surface area contributed by atoms with Gasteiger partial charge in [-0.05, 0) is 37.8 Å². The molecule has 9 nitrogen and oxygen atoms in total. The van der Waals surface area contributed by atoms with Crippen LogP contribution < -0.4 is 11.2 Å². The predicted molar refractivity (Wildman–Crippen MR) is 136 cm³/mol. The Labute approximate surface area is 203 Å². The van der Waals surface area contributed by atoms with E-state index in [0.29, 0.717) is 17.7 Å². The zero-order chi connectivity index (χ0) is 24.2. The Hall–Kier alpha value is -2.40. The maximum Gasteiger partial charge on any atom is 0.332 e. The molecule has 0 radical (unpaired) electrons. The van der Waals surface area contributed by atoms with E-state index in [1.54, 1.807) is 18.7 Å². The van der Waals surface area contributed by atoms with E-state index in [9.17, 15) is 14.7 Å². The molecule has 0 bridgehead atoms. The molecule has 1 saturated heterocycles. The lowest BCUT2D eigenvalue weighted by Gasteiger charge is -2.35. The first kappa shape index (κ1) is 24.7. The summed E-state index contributed by atoms with van der Waals surface area (Å²) in [5.41, 5.74) is 1.14. The Morgan fingerprint density at radius 1 is 1.03 bits per heavy atom. The summed E-state index contributed by atoms with van der Waals surface area (Å²) < 4.78 is 4.09. The monoisotopic (exact) mass is 486 g/mol. The lowest BCUT2D eigenvalue weighted by Crippen LogP contribution is -2.50. The van der Waals surface area contributed by atoms with E-state index in [2.05, 4.69) is 46.0 Å². The fraction of sp³-hybridized carbons (Fsp3) is 0.542. The molecule has 0 spiro atoms. The third kappa shape index (κ3) is 5.63. The van der Waals surface area contributed by atoms with E-state index in [0.717, 1.165) is 49.5 Å². The predicted octanol–water partition coefficient (Wildman–Crippen LogP) is 0.903. The Balaban J connectivity index is 1.23. The van der Waals surface area contributed by atoms with Crippen molar-refractivity contribution in [2.45, 2.75) is 30.9 Å². The van der Waals surface area contributed by atoms with Crippen LogP contribution in [0.1, 0.15) is 12.0 Å². The largest absolute Gasteiger partial charge is 0.390 e. The highest BCUT2D eigenvalue weighted by Crippen LogP contribution is 2.19. The van der Waals surface area contributed by atoms with Crippen LogP contribution in [0.3, 0.4) is 0 Å². The second-order valence-corrected chi connectivity index (χ2v) is 10.3. The maximum absolute atomic E-state index is 12.8. The molecule has 184 valence electrons. The zero-order valence-electron chi connectivity index (χ0n) is 20.2. The lowest BCUT2D eigenvalue weighted by atomic mass is 10.2. The molecule has 1 aromatic carbocycles. The van der Waals surface area contributed by atoms with Crippen LogP contribution in [-0.4, -0.2) is 84.7 Å². The summed E-state index contributed by atoms with van der Waals surface area (Å²) in [5, 5.41) is 10.7. The van der Waals surface area contributed by atoms with Crippen molar-refractivity contribution >= 4 is 22.9 Å². The average Bonchev–Trinajstić information content (AvgIpc) is 3.22. The molecule has 34 heavy (non-hydrogen) atoms. The highest BCUT2D eigenvalue weighted by molar-refractivity contribution is 7.99. The molecule has 10 heteroatoms. The highest BCUT2D eigenvalue weighted by Gasteiger charge is 2.21. The van der Waals surface area contributed by atoms with E-state index in [-0.39, 0.29) is 6.54 Å². The van der Waals surface area contributed by atoms with Gasteiger partial charge in [-0.15, -0.1) is 11.8 Å². The van der Waals surface area contributed by atoms with Crippen molar-refractivity contribution in [3.05, 3.63) is 57.0 Å². The van der Waals surface area contributed by atoms with Crippen molar-refractivity contribution in [1.82, 2.24) is 28.5 Å². The van der Waals surface area contributed by atoms with Crippen LogP contribution in [0.4, 0.5) is 0 Å². The lowest BCUT2D eigenvalue weighted by molar-refractivity contribution is 0.0632. The van der Waals surface area contributed by atoms with Crippen LogP contribution >= 0.6 is 11.8 Å². The van der Waals surface area contributed by atoms with E-state index in [1.165, 1.54) is 21.4 Å². The number of aryl methyl sites for hydroxylation is 3. The van der Waals surface area contributed by atoms with Crippen molar-refractivity contribution in [3.63, 3.8) is 0 Å². The molecule has 0 aliphatic carbocycles. The number of aliphatic hydroxyl groups excluding tert-OH is 1. The van der Waals surface area contributed by atoms with E-state index >= 15 is 0 Å². The normalized spacial score (nSPS) is 16.4. The molecule has 0 saturated carbocycles. The van der Waals surface area contributed by atoms with Gasteiger partial charge in [-0.3, -0.25) is 18.8 Å². The van der Waals surface area contributed by atoms with Crippen molar-refractivity contribution in [2.75, 3.05) is 45.0 Å². The second kappa shape index (κ2) is 10.9. The summed E-state index contributed by atoms with van der Waals surface area (Å²) in [6, 6.07) is 8.68. The van der Waals surface area contributed by atoms with Crippen LogP contribution in [0.5, 0.6) is 0 Å². The quantitative estimate of drug-likeness (QED) is 0.355. The third-order valence-electron chi connectivity index (χ3n) is 6.44. The fourth-order valence-corrected chi connectivity index (χ4v) is 5.27. The van der Waals surface area contributed by atoms with Crippen LogP contribution in [0, 0.1) is 6.92 Å². The average molecular weight is 487 g/mol. The Bertz CT molecular complexity index is 1220. The number of thioether (sulfide) groups is 1. The Kier molecular flexibility index (Phi) is 7.92. The summed E-state index contributed by atoms with van der Waals surface area (Å²) >= 11 is 1.90. The van der Waals surface area contributed by atoms with E-state index < -0.39 is 17.4 Å².